The van der Waals surface area contributed by atoms with Crippen molar-refractivity contribution in [2.75, 3.05) is 19.6 Å². The standard InChI is InChI=1S/C11H21N3O/c12-6-9(8-2-1-3-8)7-14-5-4-10(14)11(13)15/h8-10H,1-7,12H2,(H2,13,15). The van der Waals surface area contributed by atoms with E-state index >= 15 is 0 Å². The van der Waals surface area contributed by atoms with Crippen LogP contribution in [0.2, 0.25) is 0 Å². The number of likely N-dealkylation sites (tertiary alicyclic amines) is 1. The fraction of sp³-hybridized carbons (Fsp3) is 0.909. The molecule has 1 aliphatic carbocycles. The van der Waals surface area contributed by atoms with Gasteiger partial charge in [-0.2, -0.15) is 0 Å². The lowest BCUT2D eigenvalue weighted by Gasteiger charge is -2.43. The minimum Gasteiger partial charge on any atom is -0.368 e. The van der Waals surface area contributed by atoms with Gasteiger partial charge in [0.05, 0.1) is 6.04 Å². The summed E-state index contributed by atoms with van der Waals surface area (Å²) in [6, 6.07) is -0.0147. The summed E-state index contributed by atoms with van der Waals surface area (Å²) in [5, 5.41) is 0. The Balaban J connectivity index is 1.81. The fourth-order valence-corrected chi connectivity index (χ4v) is 2.61. The van der Waals surface area contributed by atoms with E-state index in [0.717, 1.165) is 32.0 Å². The molecule has 0 radical (unpaired) electrons. The topological polar surface area (TPSA) is 72.3 Å². The van der Waals surface area contributed by atoms with E-state index in [9.17, 15) is 4.79 Å². The molecule has 4 nitrogen and oxygen atoms in total. The van der Waals surface area contributed by atoms with Crippen molar-refractivity contribution < 1.29 is 4.79 Å². The van der Waals surface area contributed by atoms with E-state index < -0.39 is 0 Å². The van der Waals surface area contributed by atoms with Gasteiger partial charge in [0.1, 0.15) is 0 Å². The highest BCUT2D eigenvalue weighted by molar-refractivity contribution is 5.80. The van der Waals surface area contributed by atoms with Crippen LogP contribution >= 0.6 is 0 Å². The van der Waals surface area contributed by atoms with Gasteiger partial charge in [-0.25, -0.2) is 0 Å². The highest BCUT2D eigenvalue weighted by Crippen LogP contribution is 2.34. The molecule has 0 aromatic heterocycles. The normalized spacial score (nSPS) is 29.3. The van der Waals surface area contributed by atoms with E-state index in [4.69, 9.17) is 11.5 Å². The van der Waals surface area contributed by atoms with E-state index in [1.54, 1.807) is 0 Å². The van der Waals surface area contributed by atoms with Crippen molar-refractivity contribution in [1.29, 1.82) is 0 Å². The molecule has 0 aromatic rings. The SMILES string of the molecule is NCC(CN1CCC1C(N)=O)C1CCC1. The molecule has 0 spiro atoms. The van der Waals surface area contributed by atoms with Gasteiger partial charge in [-0.1, -0.05) is 19.3 Å². The Morgan fingerprint density at radius 3 is 2.47 bits per heavy atom. The lowest BCUT2D eigenvalue weighted by Crippen LogP contribution is -2.57. The van der Waals surface area contributed by atoms with E-state index in [1.807, 2.05) is 0 Å². The van der Waals surface area contributed by atoms with Gasteiger partial charge in [0.2, 0.25) is 5.91 Å². The summed E-state index contributed by atoms with van der Waals surface area (Å²) in [5.41, 5.74) is 11.1. The van der Waals surface area contributed by atoms with Gasteiger partial charge >= 0.3 is 0 Å². The summed E-state index contributed by atoms with van der Waals surface area (Å²) in [6.45, 7) is 2.72. The molecule has 2 fully saturated rings. The summed E-state index contributed by atoms with van der Waals surface area (Å²) in [6.07, 6.45) is 4.91. The molecule has 2 unspecified atom stereocenters. The highest BCUT2D eigenvalue weighted by atomic mass is 16.1. The van der Waals surface area contributed by atoms with Crippen LogP contribution in [-0.2, 0) is 4.79 Å². The van der Waals surface area contributed by atoms with Crippen LogP contribution in [-0.4, -0.2) is 36.5 Å². The molecule has 15 heavy (non-hydrogen) atoms. The molecule has 1 saturated heterocycles. The van der Waals surface area contributed by atoms with Crippen LogP contribution in [0.5, 0.6) is 0 Å². The summed E-state index contributed by atoms with van der Waals surface area (Å²) in [5.74, 6) is 1.19. The second kappa shape index (κ2) is 4.49. The maximum absolute atomic E-state index is 11.1. The lowest BCUT2D eigenvalue weighted by atomic mass is 9.75. The van der Waals surface area contributed by atoms with E-state index in [-0.39, 0.29) is 11.9 Å². The summed E-state index contributed by atoms with van der Waals surface area (Å²) in [4.78, 5) is 13.3. The van der Waals surface area contributed by atoms with Gasteiger partial charge in [-0.3, -0.25) is 9.69 Å². The van der Waals surface area contributed by atoms with E-state index in [2.05, 4.69) is 4.90 Å². The van der Waals surface area contributed by atoms with Crippen LogP contribution in [0.4, 0.5) is 0 Å². The molecule has 2 rings (SSSR count). The lowest BCUT2D eigenvalue weighted by molar-refractivity contribution is -0.128. The zero-order valence-electron chi connectivity index (χ0n) is 9.19. The molecule has 86 valence electrons. The number of carbonyl (C=O) groups is 1. The van der Waals surface area contributed by atoms with Gasteiger partial charge in [-0.05, 0) is 24.8 Å². The third-order valence-corrected chi connectivity index (χ3v) is 4.05. The number of hydrogen-bond acceptors (Lipinski definition) is 3. The Labute approximate surface area is 91.0 Å². The van der Waals surface area contributed by atoms with Crippen LogP contribution in [0.3, 0.4) is 0 Å². The van der Waals surface area contributed by atoms with Crippen LogP contribution < -0.4 is 11.5 Å². The third kappa shape index (κ3) is 2.16. The number of carbonyl (C=O) groups excluding carboxylic acids is 1. The zero-order chi connectivity index (χ0) is 10.8. The molecular weight excluding hydrogens is 190 g/mol. The fourth-order valence-electron chi connectivity index (χ4n) is 2.61. The molecule has 1 amide bonds. The van der Waals surface area contributed by atoms with Crippen LogP contribution in [0.1, 0.15) is 25.7 Å². The Kier molecular flexibility index (Phi) is 3.26. The van der Waals surface area contributed by atoms with Crippen molar-refractivity contribution in [3.63, 3.8) is 0 Å². The molecule has 1 saturated carbocycles. The zero-order valence-corrected chi connectivity index (χ0v) is 9.19. The van der Waals surface area contributed by atoms with Gasteiger partial charge in [-0.15, -0.1) is 0 Å². The number of nitrogens with zero attached hydrogens (tertiary/aromatic N) is 1. The molecule has 1 aliphatic heterocycles. The van der Waals surface area contributed by atoms with Crippen molar-refractivity contribution in [2.45, 2.75) is 31.7 Å². The number of rotatable bonds is 5. The van der Waals surface area contributed by atoms with Crippen molar-refractivity contribution in [3.8, 4) is 0 Å². The van der Waals surface area contributed by atoms with Gasteiger partial charge < -0.3 is 11.5 Å². The van der Waals surface area contributed by atoms with Crippen LogP contribution in [0, 0.1) is 11.8 Å². The summed E-state index contributed by atoms with van der Waals surface area (Å²) in [7, 11) is 0. The van der Waals surface area contributed by atoms with Gasteiger partial charge in [0.15, 0.2) is 0 Å². The average Bonchev–Trinajstić information content (AvgIpc) is 2.05. The summed E-state index contributed by atoms with van der Waals surface area (Å²) >= 11 is 0. The number of nitrogens with two attached hydrogens (primary N) is 2. The predicted octanol–water partition coefficient (Wildman–Crippen LogP) is -0.0790. The van der Waals surface area contributed by atoms with Gasteiger partial charge in [0.25, 0.3) is 0 Å². The Morgan fingerprint density at radius 1 is 1.40 bits per heavy atom. The van der Waals surface area contributed by atoms with Crippen molar-refractivity contribution in [1.82, 2.24) is 4.90 Å². The molecular formula is C11H21N3O. The Bertz CT molecular complexity index is 240. The predicted molar refractivity (Wildman–Crippen MR) is 59.1 cm³/mol. The van der Waals surface area contributed by atoms with E-state index in [1.165, 1.54) is 19.3 Å². The molecule has 2 atom stereocenters. The monoisotopic (exact) mass is 211 g/mol. The number of hydrogen-bond donors (Lipinski definition) is 2. The van der Waals surface area contributed by atoms with Crippen LogP contribution in [0.25, 0.3) is 0 Å². The minimum absolute atomic E-state index is 0.0147. The first-order valence-electron chi connectivity index (χ1n) is 5.95. The molecule has 0 bridgehead atoms. The second-order valence-corrected chi connectivity index (χ2v) is 4.89. The third-order valence-electron chi connectivity index (χ3n) is 4.05. The molecule has 1 heterocycles. The Hall–Kier alpha value is -0.610. The minimum atomic E-state index is -0.175. The van der Waals surface area contributed by atoms with E-state index in [0.29, 0.717) is 5.92 Å². The smallest absolute Gasteiger partial charge is 0.234 e. The van der Waals surface area contributed by atoms with Crippen molar-refractivity contribution in [3.05, 3.63) is 0 Å². The largest absolute Gasteiger partial charge is 0.368 e. The quantitative estimate of drug-likeness (QED) is 0.668. The van der Waals surface area contributed by atoms with Crippen molar-refractivity contribution >= 4 is 5.91 Å². The first-order chi connectivity index (χ1) is 7.22. The maximum Gasteiger partial charge on any atom is 0.234 e. The molecule has 4 heteroatoms. The van der Waals surface area contributed by atoms with Crippen LogP contribution in [0.15, 0.2) is 0 Å². The molecule has 2 aliphatic rings. The maximum atomic E-state index is 11.1. The first-order valence-corrected chi connectivity index (χ1v) is 5.95. The number of primary amides is 1. The molecule has 0 aromatic carbocycles. The van der Waals surface area contributed by atoms with Crippen molar-refractivity contribution in [2.24, 2.45) is 23.3 Å². The first kappa shape index (κ1) is 10.9. The summed E-state index contributed by atoms with van der Waals surface area (Å²) < 4.78 is 0. The second-order valence-electron chi connectivity index (χ2n) is 4.89. The number of amides is 1. The highest BCUT2D eigenvalue weighted by Gasteiger charge is 2.36. The molecule has 4 N–H and O–H groups in total. The Morgan fingerprint density at radius 2 is 2.13 bits per heavy atom. The average molecular weight is 211 g/mol. The van der Waals surface area contributed by atoms with Gasteiger partial charge in [0, 0.05) is 13.1 Å².